The lowest BCUT2D eigenvalue weighted by atomic mass is 9.84. The van der Waals surface area contributed by atoms with Crippen LogP contribution >= 0.6 is 11.6 Å². The van der Waals surface area contributed by atoms with Crippen molar-refractivity contribution < 1.29 is 0 Å². The van der Waals surface area contributed by atoms with E-state index in [-0.39, 0.29) is 0 Å². The van der Waals surface area contributed by atoms with Crippen LogP contribution in [0.5, 0.6) is 0 Å². The Labute approximate surface area is 305 Å². The Bertz CT molecular complexity index is 1350. The van der Waals surface area contributed by atoms with E-state index in [2.05, 4.69) is 109 Å². The maximum Gasteiger partial charge on any atom is 0.0446 e. The first-order chi connectivity index (χ1) is 24.1. The van der Waals surface area contributed by atoms with Crippen LogP contribution in [0.15, 0.2) is 78.9 Å². The van der Waals surface area contributed by atoms with Crippen LogP contribution in [0.4, 0.5) is 5.69 Å². The normalized spacial score (nSPS) is 18.0. The molecule has 0 radical (unpaired) electrons. The lowest BCUT2D eigenvalue weighted by molar-refractivity contribution is 0.162. The van der Waals surface area contributed by atoms with Crippen molar-refractivity contribution in [1.82, 2.24) is 4.90 Å². The summed E-state index contributed by atoms with van der Waals surface area (Å²) < 4.78 is 0. The largest absolute Gasteiger partial charge is 0.368 e. The summed E-state index contributed by atoms with van der Waals surface area (Å²) in [4.78, 5) is 5.10. The van der Waals surface area contributed by atoms with E-state index < -0.39 is 0 Å². The monoisotopic (exact) mass is 680 g/mol. The standard InChI is InChI=1S/C23H28ClN.C23H37N/c1-2-25(21-13-7-4-8-14-21)17-9-10-19-15-16-22(23(24)18-19)20-11-5-3-6-12-20;1-2-24(23-13-7-4-8-14-23)19-9-10-20-15-17-22(18-16-20)21-11-5-3-6-12-21/h4,7-10,13-16,18,20H,2-3,5-6,11-12,17H2,1H3;15-18,21,23H,2-14,19H2,1H3. The van der Waals surface area contributed by atoms with E-state index in [1.165, 1.54) is 145 Å². The number of aryl methyl sites for hydroxylation is 1. The average Bonchev–Trinajstić information content (AvgIpc) is 3.17. The molecule has 3 aliphatic carbocycles. The minimum atomic E-state index is 0.660. The summed E-state index contributed by atoms with van der Waals surface area (Å²) in [6.07, 6.45) is 28.0. The molecule has 3 fully saturated rings. The van der Waals surface area contributed by atoms with Gasteiger partial charge in [-0.2, -0.15) is 0 Å². The highest BCUT2D eigenvalue weighted by molar-refractivity contribution is 6.31. The van der Waals surface area contributed by atoms with Crippen LogP contribution in [0.3, 0.4) is 0 Å². The van der Waals surface area contributed by atoms with Crippen LogP contribution < -0.4 is 4.90 Å². The van der Waals surface area contributed by atoms with Gasteiger partial charge in [-0.15, -0.1) is 0 Å². The quantitative estimate of drug-likeness (QED) is 0.177. The third-order valence-electron chi connectivity index (χ3n) is 11.7. The van der Waals surface area contributed by atoms with Gasteiger partial charge in [-0.3, -0.25) is 0 Å². The summed E-state index contributed by atoms with van der Waals surface area (Å²) in [7, 11) is 0. The Morgan fingerprint density at radius 1 is 0.673 bits per heavy atom. The molecule has 3 aromatic carbocycles. The molecular weight excluding hydrogens is 616 g/mol. The van der Waals surface area contributed by atoms with Crippen molar-refractivity contribution in [3.63, 3.8) is 0 Å². The van der Waals surface area contributed by atoms with E-state index in [9.17, 15) is 0 Å². The fourth-order valence-electron chi connectivity index (χ4n) is 8.69. The molecule has 0 heterocycles. The lowest BCUT2D eigenvalue weighted by Crippen LogP contribution is -2.37. The summed E-state index contributed by atoms with van der Waals surface area (Å²) in [5.41, 5.74) is 6.93. The Balaban J connectivity index is 0.000000191. The number of para-hydroxylation sites is 1. The van der Waals surface area contributed by atoms with Gasteiger partial charge in [-0.1, -0.05) is 143 Å². The second-order valence-corrected chi connectivity index (χ2v) is 15.4. The van der Waals surface area contributed by atoms with Crippen LogP contribution in [-0.2, 0) is 6.42 Å². The van der Waals surface area contributed by atoms with Crippen molar-refractivity contribution >= 4 is 23.4 Å². The first kappa shape index (κ1) is 37.7. The van der Waals surface area contributed by atoms with Gasteiger partial charge in [0.1, 0.15) is 0 Å². The zero-order chi connectivity index (χ0) is 34.1. The maximum absolute atomic E-state index is 6.58. The third kappa shape index (κ3) is 12.0. The molecule has 3 saturated carbocycles. The molecular formula is C46H65ClN2. The molecule has 0 spiro atoms. The van der Waals surface area contributed by atoms with Gasteiger partial charge in [0.05, 0.1) is 0 Å². The van der Waals surface area contributed by atoms with Crippen LogP contribution in [0.2, 0.25) is 5.02 Å². The van der Waals surface area contributed by atoms with Crippen LogP contribution in [0.1, 0.15) is 151 Å². The van der Waals surface area contributed by atoms with Crippen LogP contribution in [-0.4, -0.2) is 37.1 Å². The van der Waals surface area contributed by atoms with E-state index in [0.29, 0.717) is 5.92 Å². The van der Waals surface area contributed by atoms with Gasteiger partial charge in [0.25, 0.3) is 0 Å². The van der Waals surface area contributed by atoms with Gasteiger partial charge in [0.15, 0.2) is 0 Å². The molecule has 3 heteroatoms. The Kier molecular flexibility index (Phi) is 16.1. The highest BCUT2D eigenvalue weighted by Crippen LogP contribution is 2.37. The Morgan fingerprint density at radius 2 is 1.31 bits per heavy atom. The molecule has 0 N–H and O–H groups in total. The van der Waals surface area contributed by atoms with E-state index in [4.69, 9.17) is 11.6 Å². The van der Waals surface area contributed by atoms with Gasteiger partial charge in [0, 0.05) is 29.8 Å². The number of anilines is 1. The molecule has 0 aromatic heterocycles. The van der Waals surface area contributed by atoms with Gasteiger partial charge >= 0.3 is 0 Å². The average molecular weight is 681 g/mol. The number of likely N-dealkylation sites (N-methyl/N-ethyl adjacent to an activating group) is 1. The van der Waals surface area contributed by atoms with Crippen LogP contribution in [0.25, 0.3) is 6.08 Å². The zero-order valence-corrected chi connectivity index (χ0v) is 31.7. The summed E-state index contributed by atoms with van der Waals surface area (Å²) in [5, 5.41) is 0.935. The number of rotatable bonds is 13. The molecule has 3 aromatic rings. The predicted molar refractivity (Wildman–Crippen MR) is 215 cm³/mol. The molecule has 0 unspecified atom stereocenters. The van der Waals surface area contributed by atoms with E-state index in [1.807, 2.05) is 0 Å². The lowest BCUT2D eigenvalue weighted by Gasteiger charge is -2.33. The number of halogens is 1. The summed E-state index contributed by atoms with van der Waals surface area (Å²) in [6.45, 7) is 8.94. The zero-order valence-electron chi connectivity index (χ0n) is 30.9. The Hall–Kier alpha value is -2.55. The molecule has 6 rings (SSSR count). The van der Waals surface area contributed by atoms with E-state index >= 15 is 0 Å². The number of hydrogen-bond acceptors (Lipinski definition) is 2. The second-order valence-electron chi connectivity index (χ2n) is 15.0. The van der Waals surface area contributed by atoms with Crippen molar-refractivity contribution in [2.24, 2.45) is 0 Å². The summed E-state index contributed by atoms with van der Waals surface area (Å²) >= 11 is 6.58. The van der Waals surface area contributed by atoms with Gasteiger partial charge in [-0.25, -0.2) is 0 Å². The molecule has 49 heavy (non-hydrogen) atoms. The smallest absolute Gasteiger partial charge is 0.0446 e. The molecule has 266 valence electrons. The molecule has 0 aliphatic heterocycles. The highest BCUT2D eigenvalue weighted by atomic mass is 35.5. The van der Waals surface area contributed by atoms with Crippen molar-refractivity contribution in [3.8, 4) is 0 Å². The van der Waals surface area contributed by atoms with Gasteiger partial charge < -0.3 is 9.80 Å². The van der Waals surface area contributed by atoms with Crippen LogP contribution in [0, 0.1) is 0 Å². The Morgan fingerprint density at radius 3 is 1.92 bits per heavy atom. The molecule has 0 atom stereocenters. The summed E-state index contributed by atoms with van der Waals surface area (Å²) in [5.74, 6) is 1.50. The molecule has 3 aliphatic rings. The molecule has 0 bridgehead atoms. The number of benzene rings is 3. The van der Waals surface area contributed by atoms with Crippen molar-refractivity contribution in [1.29, 1.82) is 0 Å². The van der Waals surface area contributed by atoms with Crippen molar-refractivity contribution in [2.45, 2.75) is 141 Å². The minimum Gasteiger partial charge on any atom is -0.368 e. The predicted octanol–water partition coefficient (Wildman–Crippen LogP) is 13.2. The topological polar surface area (TPSA) is 6.48 Å². The first-order valence-corrected chi connectivity index (χ1v) is 20.6. The fourth-order valence-corrected chi connectivity index (χ4v) is 9.03. The number of hydrogen-bond donors (Lipinski definition) is 0. The third-order valence-corrected chi connectivity index (χ3v) is 12.0. The number of nitrogens with zero attached hydrogens (tertiary/aromatic N) is 2. The second kappa shape index (κ2) is 21.0. The fraction of sp³-hybridized carbons (Fsp3) is 0.565. The SMILES string of the molecule is CCN(CC=Cc1ccc(C2CCCCC2)c(Cl)c1)c1ccccc1.CCN(CCCc1ccc(C2CCCCC2)cc1)C1CCCCC1. The van der Waals surface area contributed by atoms with Gasteiger partial charge in [-0.05, 0) is 124 Å². The van der Waals surface area contributed by atoms with Gasteiger partial charge in [0.2, 0.25) is 0 Å². The maximum atomic E-state index is 6.58. The summed E-state index contributed by atoms with van der Waals surface area (Å²) in [6, 6.07) is 27.7. The van der Waals surface area contributed by atoms with E-state index in [1.54, 1.807) is 5.56 Å². The minimum absolute atomic E-state index is 0.660. The molecule has 2 nitrogen and oxygen atoms in total. The van der Waals surface area contributed by atoms with E-state index in [0.717, 1.165) is 30.1 Å². The van der Waals surface area contributed by atoms with Crippen molar-refractivity contribution in [3.05, 3.63) is 106 Å². The molecule has 0 saturated heterocycles. The molecule has 0 amide bonds. The highest BCUT2D eigenvalue weighted by Gasteiger charge is 2.20. The first-order valence-electron chi connectivity index (χ1n) is 20.2. The van der Waals surface area contributed by atoms with Crippen molar-refractivity contribution in [2.75, 3.05) is 31.1 Å².